The summed E-state index contributed by atoms with van der Waals surface area (Å²) in [6, 6.07) is 9.19. The lowest BCUT2D eigenvalue weighted by molar-refractivity contribution is 0.0297. The third-order valence-electron chi connectivity index (χ3n) is 4.85. The summed E-state index contributed by atoms with van der Waals surface area (Å²) in [4.78, 5) is 0. The summed E-state index contributed by atoms with van der Waals surface area (Å²) in [5, 5.41) is 1.18. The average molecular weight is 415 g/mol. The van der Waals surface area contributed by atoms with Crippen LogP contribution in [-0.4, -0.2) is 70.1 Å². The molecule has 0 radical (unpaired) electrons. The number of ether oxygens (including phenoxy) is 1. The largest absolute Gasteiger partial charge is 0.377 e. The smallest absolute Gasteiger partial charge is 0.236 e. The van der Waals surface area contributed by atoms with Gasteiger partial charge < -0.3 is 4.74 Å². The Kier molecular flexibility index (Phi) is 6.69. The van der Waals surface area contributed by atoms with Crippen molar-refractivity contribution in [1.29, 1.82) is 0 Å². The number of hydrogen-bond donors (Lipinski definition) is 0. The van der Waals surface area contributed by atoms with Crippen molar-refractivity contribution in [3.8, 4) is 0 Å². The Morgan fingerprint density at radius 2 is 1.63 bits per heavy atom. The van der Waals surface area contributed by atoms with Crippen LogP contribution >= 0.6 is 0 Å². The monoisotopic (exact) mass is 414 g/mol. The molecule has 1 atom stereocenters. The van der Waals surface area contributed by atoms with E-state index in [0.29, 0.717) is 6.61 Å². The van der Waals surface area contributed by atoms with Gasteiger partial charge in [0.25, 0.3) is 0 Å². The first-order chi connectivity index (χ1) is 12.9. The highest BCUT2D eigenvalue weighted by atomic mass is 32.2. The quantitative estimate of drug-likeness (QED) is 0.704. The highest BCUT2D eigenvalue weighted by Gasteiger charge is 2.33. The highest BCUT2D eigenvalue weighted by molar-refractivity contribution is 7.92. The molecule has 1 aromatic rings. The van der Waals surface area contributed by atoms with E-state index in [0.717, 1.165) is 24.8 Å². The Bertz CT molecular complexity index is 839. The number of sulfonamides is 2. The zero-order valence-electron chi connectivity index (χ0n) is 15.2. The van der Waals surface area contributed by atoms with E-state index in [4.69, 9.17) is 4.74 Å². The third-order valence-corrected chi connectivity index (χ3v) is 8.36. The van der Waals surface area contributed by atoms with Crippen LogP contribution in [0.1, 0.15) is 24.8 Å². The predicted molar refractivity (Wildman–Crippen MR) is 105 cm³/mol. The molecule has 2 fully saturated rings. The van der Waals surface area contributed by atoms with Gasteiger partial charge >= 0.3 is 0 Å². The summed E-state index contributed by atoms with van der Waals surface area (Å²) in [7, 11) is -7.01. The van der Waals surface area contributed by atoms with E-state index >= 15 is 0 Å². The molecule has 150 valence electrons. The number of hydrogen-bond acceptors (Lipinski definition) is 5. The standard InChI is InChI=1S/C18H26N2O5S2/c21-26(22,15-9-17-6-2-1-3-7-17)19-10-12-20(13-11-19)27(23,24)16-18-8-4-5-14-25-18/h1-3,6-7,9,15,18H,4-5,8,10-14,16H2/b15-9+. The topological polar surface area (TPSA) is 84.0 Å². The maximum absolute atomic E-state index is 12.6. The van der Waals surface area contributed by atoms with E-state index < -0.39 is 20.0 Å². The zero-order valence-corrected chi connectivity index (χ0v) is 16.9. The summed E-state index contributed by atoms with van der Waals surface area (Å²) in [5.41, 5.74) is 0.801. The van der Waals surface area contributed by atoms with Crippen LogP contribution in [0.3, 0.4) is 0 Å². The van der Waals surface area contributed by atoms with Gasteiger partial charge in [-0.15, -0.1) is 0 Å². The third kappa shape index (κ3) is 5.61. The molecule has 0 bridgehead atoms. The molecule has 1 unspecified atom stereocenters. The second kappa shape index (κ2) is 8.83. The lowest BCUT2D eigenvalue weighted by Gasteiger charge is -2.33. The maximum atomic E-state index is 12.6. The van der Waals surface area contributed by atoms with E-state index in [2.05, 4.69) is 0 Å². The molecule has 2 heterocycles. The second-order valence-corrected chi connectivity index (χ2v) is 10.7. The van der Waals surface area contributed by atoms with Crippen molar-refractivity contribution in [2.45, 2.75) is 25.4 Å². The summed E-state index contributed by atoms with van der Waals surface area (Å²) in [6.07, 6.45) is 4.03. The lowest BCUT2D eigenvalue weighted by atomic mass is 10.1. The number of rotatable bonds is 6. The van der Waals surface area contributed by atoms with Crippen molar-refractivity contribution in [3.63, 3.8) is 0 Å². The second-order valence-electron chi connectivity index (χ2n) is 6.82. The SMILES string of the molecule is O=S(=O)(/C=C/c1ccccc1)N1CCN(S(=O)(=O)CC2CCCCO2)CC1. The van der Waals surface area contributed by atoms with Gasteiger partial charge in [0, 0.05) is 38.2 Å². The van der Waals surface area contributed by atoms with Crippen LogP contribution in [0.25, 0.3) is 6.08 Å². The average Bonchev–Trinajstić information content (AvgIpc) is 2.68. The molecular formula is C18H26N2O5S2. The lowest BCUT2D eigenvalue weighted by Crippen LogP contribution is -2.51. The highest BCUT2D eigenvalue weighted by Crippen LogP contribution is 2.18. The zero-order chi connectivity index (χ0) is 19.3. The minimum absolute atomic E-state index is 0.0202. The fraction of sp³-hybridized carbons (Fsp3) is 0.556. The Hall–Kier alpha value is -1.26. The Labute approximate surface area is 161 Å². The van der Waals surface area contributed by atoms with Gasteiger partial charge in [-0.2, -0.15) is 8.61 Å². The molecule has 27 heavy (non-hydrogen) atoms. The van der Waals surface area contributed by atoms with Gasteiger partial charge in [-0.25, -0.2) is 16.8 Å². The number of piperazine rings is 1. The Morgan fingerprint density at radius 3 is 2.26 bits per heavy atom. The molecule has 9 heteroatoms. The van der Waals surface area contributed by atoms with E-state index in [1.54, 1.807) is 6.08 Å². The van der Waals surface area contributed by atoms with E-state index in [1.165, 1.54) is 14.0 Å². The van der Waals surface area contributed by atoms with Gasteiger partial charge in [0.1, 0.15) is 0 Å². The van der Waals surface area contributed by atoms with Crippen molar-refractivity contribution in [2.24, 2.45) is 0 Å². The van der Waals surface area contributed by atoms with Gasteiger partial charge in [0.2, 0.25) is 20.0 Å². The first-order valence-electron chi connectivity index (χ1n) is 9.19. The molecule has 3 rings (SSSR count). The van der Waals surface area contributed by atoms with E-state index in [1.807, 2.05) is 30.3 Å². The van der Waals surface area contributed by atoms with Crippen LogP contribution in [0.5, 0.6) is 0 Å². The van der Waals surface area contributed by atoms with Gasteiger partial charge in [-0.1, -0.05) is 30.3 Å². The molecule has 2 saturated heterocycles. The van der Waals surface area contributed by atoms with Crippen LogP contribution in [0.4, 0.5) is 0 Å². The summed E-state index contributed by atoms with van der Waals surface area (Å²) >= 11 is 0. The van der Waals surface area contributed by atoms with Crippen molar-refractivity contribution >= 4 is 26.1 Å². The molecule has 0 aromatic heterocycles. The van der Waals surface area contributed by atoms with E-state index in [-0.39, 0.29) is 38.0 Å². The summed E-state index contributed by atoms with van der Waals surface area (Å²) in [5.74, 6) is -0.0202. The summed E-state index contributed by atoms with van der Waals surface area (Å²) < 4.78 is 58.4. The van der Waals surface area contributed by atoms with Crippen LogP contribution in [0, 0.1) is 0 Å². The minimum atomic E-state index is -3.57. The van der Waals surface area contributed by atoms with Crippen LogP contribution < -0.4 is 0 Å². The van der Waals surface area contributed by atoms with Gasteiger partial charge in [-0.3, -0.25) is 0 Å². The van der Waals surface area contributed by atoms with Gasteiger partial charge in [0.05, 0.1) is 11.9 Å². The summed E-state index contributed by atoms with van der Waals surface area (Å²) in [6.45, 7) is 1.28. The molecule has 0 N–H and O–H groups in total. The van der Waals surface area contributed by atoms with Crippen molar-refractivity contribution in [1.82, 2.24) is 8.61 Å². The van der Waals surface area contributed by atoms with Crippen molar-refractivity contribution < 1.29 is 21.6 Å². The molecule has 2 aliphatic rings. The molecule has 0 aliphatic carbocycles. The molecule has 0 saturated carbocycles. The number of nitrogens with zero attached hydrogens (tertiary/aromatic N) is 2. The maximum Gasteiger partial charge on any atom is 0.236 e. The Balaban J connectivity index is 1.56. The van der Waals surface area contributed by atoms with Crippen LogP contribution in [-0.2, 0) is 24.8 Å². The molecule has 0 amide bonds. The molecule has 0 spiro atoms. The van der Waals surface area contributed by atoms with Crippen molar-refractivity contribution in [3.05, 3.63) is 41.3 Å². The molecule has 1 aromatic carbocycles. The molecular weight excluding hydrogens is 388 g/mol. The van der Waals surface area contributed by atoms with E-state index in [9.17, 15) is 16.8 Å². The van der Waals surface area contributed by atoms with Crippen LogP contribution in [0.2, 0.25) is 0 Å². The first kappa shape index (κ1) is 20.5. The van der Waals surface area contributed by atoms with Crippen LogP contribution in [0.15, 0.2) is 35.7 Å². The normalized spacial score (nSPS) is 23.6. The van der Waals surface area contributed by atoms with Gasteiger partial charge in [0.15, 0.2) is 0 Å². The molecule has 2 aliphatic heterocycles. The predicted octanol–water partition coefficient (Wildman–Crippen LogP) is 1.50. The minimum Gasteiger partial charge on any atom is -0.377 e. The fourth-order valence-electron chi connectivity index (χ4n) is 3.30. The molecule has 7 nitrogen and oxygen atoms in total. The van der Waals surface area contributed by atoms with Gasteiger partial charge in [-0.05, 0) is 30.9 Å². The van der Waals surface area contributed by atoms with Crippen molar-refractivity contribution in [2.75, 3.05) is 38.5 Å². The Morgan fingerprint density at radius 1 is 0.963 bits per heavy atom. The first-order valence-corrected chi connectivity index (χ1v) is 12.3. The fourth-order valence-corrected chi connectivity index (χ4v) is 6.13. The number of benzene rings is 1.